The van der Waals surface area contributed by atoms with Crippen molar-refractivity contribution < 1.29 is 28.6 Å². The molecule has 0 aliphatic heterocycles. The molecule has 0 fully saturated rings. The molecule has 0 aliphatic carbocycles. The van der Waals surface area contributed by atoms with E-state index in [-0.39, 0.29) is 24.2 Å². The highest BCUT2D eigenvalue weighted by Crippen LogP contribution is 2.22. The number of hydrogen-bond acceptors (Lipinski definition) is 6. The fourth-order valence-electron chi connectivity index (χ4n) is 2.81. The lowest BCUT2D eigenvalue weighted by atomic mass is 10.0. The molecule has 0 saturated heterocycles. The first-order valence-corrected chi connectivity index (χ1v) is 9.56. The van der Waals surface area contributed by atoms with Crippen LogP contribution in [0.1, 0.15) is 47.1 Å². The Morgan fingerprint density at radius 2 is 1.57 bits per heavy atom. The van der Waals surface area contributed by atoms with Gasteiger partial charge < -0.3 is 19.5 Å². The summed E-state index contributed by atoms with van der Waals surface area (Å²) >= 11 is 0. The van der Waals surface area contributed by atoms with Crippen molar-refractivity contribution in [2.24, 2.45) is 5.92 Å². The van der Waals surface area contributed by atoms with Crippen molar-refractivity contribution >= 4 is 17.7 Å². The summed E-state index contributed by atoms with van der Waals surface area (Å²) in [5.74, 6) is -0.0990. The normalized spacial score (nSPS) is 11.5. The highest BCUT2D eigenvalue weighted by molar-refractivity contribution is 5.97. The van der Waals surface area contributed by atoms with Gasteiger partial charge in [-0.1, -0.05) is 13.8 Å². The van der Waals surface area contributed by atoms with Gasteiger partial charge in [-0.15, -0.1) is 0 Å². The average molecular weight is 413 g/mol. The third kappa shape index (κ3) is 5.83. The fraction of sp³-hybridized carbons (Fsp3) is 0.348. The van der Waals surface area contributed by atoms with E-state index in [0.717, 1.165) is 0 Å². The highest BCUT2D eigenvalue weighted by atomic mass is 16.5. The molecule has 2 rings (SSSR count). The van der Waals surface area contributed by atoms with E-state index in [1.54, 1.807) is 49.6 Å². The monoisotopic (exact) mass is 413 g/mol. The lowest BCUT2D eigenvalue weighted by molar-refractivity contribution is -0.148. The zero-order valence-electron chi connectivity index (χ0n) is 17.9. The van der Waals surface area contributed by atoms with Crippen LogP contribution in [-0.2, 0) is 16.1 Å². The zero-order chi connectivity index (χ0) is 22.3. The Kier molecular flexibility index (Phi) is 7.98. The number of nitrogens with one attached hydrogen (secondary N) is 1. The number of ketones is 1. The number of ether oxygens (including phenoxy) is 3. The van der Waals surface area contributed by atoms with Crippen LogP contribution >= 0.6 is 0 Å². The molecule has 1 N–H and O–H groups in total. The van der Waals surface area contributed by atoms with Gasteiger partial charge in [-0.25, -0.2) is 4.79 Å². The molecule has 0 aliphatic rings. The van der Waals surface area contributed by atoms with Crippen molar-refractivity contribution in [1.82, 2.24) is 5.32 Å². The van der Waals surface area contributed by atoms with E-state index in [2.05, 4.69) is 5.32 Å². The third-order valence-corrected chi connectivity index (χ3v) is 4.62. The van der Waals surface area contributed by atoms with Gasteiger partial charge in [0.1, 0.15) is 24.1 Å². The zero-order valence-corrected chi connectivity index (χ0v) is 17.9. The predicted molar refractivity (Wildman–Crippen MR) is 112 cm³/mol. The van der Waals surface area contributed by atoms with Gasteiger partial charge >= 0.3 is 5.97 Å². The van der Waals surface area contributed by atoms with Crippen LogP contribution in [0.25, 0.3) is 0 Å². The second-order valence-electron chi connectivity index (χ2n) is 7.11. The molecular weight excluding hydrogens is 386 g/mol. The van der Waals surface area contributed by atoms with Crippen molar-refractivity contribution in [3.8, 4) is 11.5 Å². The van der Waals surface area contributed by atoms with Crippen molar-refractivity contribution in [3.05, 3.63) is 59.2 Å². The summed E-state index contributed by atoms with van der Waals surface area (Å²) in [4.78, 5) is 36.8. The molecule has 0 heterocycles. The molecule has 1 amide bonds. The molecule has 2 aromatic carbocycles. The molecule has 7 nitrogen and oxygen atoms in total. The van der Waals surface area contributed by atoms with Gasteiger partial charge in [0.2, 0.25) is 0 Å². The maximum Gasteiger partial charge on any atom is 0.329 e. The molecule has 0 unspecified atom stereocenters. The number of rotatable bonds is 9. The van der Waals surface area contributed by atoms with Crippen LogP contribution in [0.2, 0.25) is 0 Å². The predicted octanol–water partition coefficient (Wildman–Crippen LogP) is 3.40. The summed E-state index contributed by atoms with van der Waals surface area (Å²) in [7, 11) is 3.04. The van der Waals surface area contributed by atoms with Crippen LogP contribution in [-0.4, -0.2) is 37.9 Å². The minimum absolute atomic E-state index is 0.0786. The topological polar surface area (TPSA) is 90.9 Å². The molecule has 30 heavy (non-hydrogen) atoms. The second kappa shape index (κ2) is 10.4. The molecule has 0 aromatic heterocycles. The van der Waals surface area contributed by atoms with Gasteiger partial charge in [-0.2, -0.15) is 0 Å². The molecular formula is C23H27NO6. The molecule has 0 spiro atoms. The average Bonchev–Trinajstić information content (AvgIpc) is 2.75. The van der Waals surface area contributed by atoms with Gasteiger partial charge in [0.25, 0.3) is 5.91 Å². The van der Waals surface area contributed by atoms with Gasteiger partial charge in [0.05, 0.1) is 14.2 Å². The van der Waals surface area contributed by atoms with Gasteiger partial charge in [0.15, 0.2) is 5.78 Å². The van der Waals surface area contributed by atoms with E-state index >= 15 is 0 Å². The van der Waals surface area contributed by atoms with E-state index in [1.165, 1.54) is 14.0 Å². The maximum absolute atomic E-state index is 12.7. The SMILES string of the molecule is COc1ccc(C(=O)N[C@H](C(=O)OCc2cc(C(C)=O)ccc2OC)C(C)C)cc1. The maximum atomic E-state index is 12.7. The first-order chi connectivity index (χ1) is 14.3. The first-order valence-electron chi connectivity index (χ1n) is 9.56. The summed E-state index contributed by atoms with van der Waals surface area (Å²) in [6.07, 6.45) is 0. The Morgan fingerprint density at radius 3 is 2.10 bits per heavy atom. The molecule has 160 valence electrons. The minimum Gasteiger partial charge on any atom is -0.497 e. The lowest BCUT2D eigenvalue weighted by Crippen LogP contribution is -2.45. The number of carbonyl (C=O) groups is 3. The van der Waals surface area contributed by atoms with E-state index in [1.807, 2.05) is 13.8 Å². The Balaban J connectivity index is 2.09. The number of benzene rings is 2. The third-order valence-electron chi connectivity index (χ3n) is 4.62. The van der Waals surface area contributed by atoms with E-state index in [9.17, 15) is 14.4 Å². The van der Waals surface area contributed by atoms with E-state index in [4.69, 9.17) is 14.2 Å². The Morgan fingerprint density at radius 1 is 0.933 bits per heavy atom. The Bertz CT molecular complexity index is 904. The molecule has 0 radical (unpaired) electrons. The second-order valence-corrected chi connectivity index (χ2v) is 7.11. The number of hydrogen-bond donors (Lipinski definition) is 1. The van der Waals surface area contributed by atoms with Gasteiger partial charge in [-0.3, -0.25) is 9.59 Å². The Labute approximate surface area is 176 Å². The van der Waals surface area contributed by atoms with Crippen molar-refractivity contribution in [1.29, 1.82) is 0 Å². The molecule has 7 heteroatoms. The lowest BCUT2D eigenvalue weighted by Gasteiger charge is -2.21. The molecule has 0 bridgehead atoms. The van der Waals surface area contributed by atoms with Crippen LogP contribution in [0.4, 0.5) is 0 Å². The fourth-order valence-corrected chi connectivity index (χ4v) is 2.81. The largest absolute Gasteiger partial charge is 0.497 e. The summed E-state index contributed by atoms with van der Waals surface area (Å²) in [5, 5.41) is 2.72. The van der Waals surface area contributed by atoms with E-state index in [0.29, 0.717) is 28.2 Å². The van der Waals surface area contributed by atoms with Crippen molar-refractivity contribution in [2.75, 3.05) is 14.2 Å². The van der Waals surface area contributed by atoms with Crippen molar-refractivity contribution in [2.45, 2.75) is 33.4 Å². The Hall–Kier alpha value is -3.35. The standard InChI is InChI=1S/C23H27NO6/c1-14(2)21(24-22(26)16-6-9-19(28-4)10-7-16)23(27)30-13-18-12-17(15(3)25)8-11-20(18)29-5/h6-12,14,21H,13H2,1-5H3,(H,24,26)/t21-/m0/s1. The number of methoxy groups -OCH3 is 2. The smallest absolute Gasteiger partial charge is 0.329 e. The van der Waals surface area contributed by atoms with Gasteiger partial charge in [-0.05, 0) is 55.3 Å². The first kappa shape index (κ1) is 22.9. The summed E-state index contributed by atoms with van der Waals surface area (Å²) in [6.45, 7) is 5.01. The quantitative estimate of drug-likeness (QED) is 0.500. The summed E-state index contributed by atoms with van der Waals surface area (Å²) in [5.41, 5.74) is 1.47. The van der Waals surface area contributed by atoms with Crippen LogP contribution in [0, 0.1) is 5.92 Å². The summed E-state index contributed by atoms with van der Waals surface area (Å²) < 4.78 is 15.8. The van der Waals surface area contributed by atoms with Crippen LogP contribution in [0.15, 0.2) is 42.5 Å². The molecule has 2 aromatic rings. The number of amides is 1. The van der Waals surface area contributed by atoms with Crippen LogP contribution in [0.5, 0.6) is 11.5 Å². The van der Waals surface area contributed by atoms with Crippen molar-refractivity contribution in [3.63, 3.8) is 0 Å². The summed E-state index contributed by atoms with van der Waals surface area (Å²) in [6, 6.07) is 10.7. The minimum atomic E-state index is -0.832. The number of esters is 1. The van der Waals surface area contributed by atoms with Gasteiger partial charge in [0, 0.05) is 16.7 Å². The number of carbonyl (C=O) groups excluding carboxylic acids is 3. The molecule has 0 saturated carbocycles. The highest BCUT2D eigenvalue weighted by Gasteiger charge is 2.26. The van der Waals surface area contributed by atoms with E-state index < -0.39 is 12.0 Å². The number of Topliss-reactive ketones (excluding diaryl/α,β-unsaturated/α-hetero) is 1. The van der Waals surface area contributed by atoms with Crippen LogP contribution < -0.4 is 14.8 Å². The van der Waals surface area contributed by atoms with Crippen LogP contribution in [0.3, 0.4) is 0 Å². The molecule has 1 atom stereocenters.